The van der Waals surface area contributed by atoms with Crippen molar-refractivity contribution in [3.63, 3.8) is 0 Å². The van der Waals surface area contributed by atoms with Crippen molar-refractivity contribution in [2.24, 2.45) is 0 Å². The number of carbonyl (C=O) groups is 1. The van der Waals surface area contributed by atoms with Gasteiger partial charge in [-0.05, 0) is 11.6 Å². The zero-order valence-electron chi connectivity index (χ0n) is 12.7. The van der Waals surface area contributed by atoms with Crippen molar-refractivity contribution >= 4 is 11.8 Å². The molecule has 0 spiro atoms. The number of rotatable bonds is 5. The van der Waals surface area contributed by atoms with E-state index >= 15 is 0 Å². The number of ether oxygens (including phenoxy) is 1. The molecule has 0 saturated carbocycles. The molecule has 1 amide bonds. The average molecular weight is 325 g/mol. The molecule has 8 heteroatoms. The van der Waals surface area contributed by atoms with Gasteiger partial charge in [-0.25, -0.2) is 14.5 Å². The summed E-state index contributed by atoms with van der Waals surface area (Å²) in [5.41, 5.74) is 1.13. The minimum absolute atomic E-state index is 0.0654. The Kier molecular flexibility index (Phi) is 4.66. The summed E-state index contributed by atoms with van der Waals surface area (Å²) in [6.45, 7) is 0.225. The number of hydrogen-bond donors (Lipinski definition) is 2. The molecule has 0 bridgehead atoms. The van der Waals surface area contributed by atoms with Crippen LogP contribution in [-0.4, -0.2) is 37.6 Å². The lowest BCUT2D eigenvalue weighted by molar-refractivity contribution is 0.163. The topological polar surface area (TPSA) is 102 Å². The number of aromatic hydroxyl groups is 1. The largest absolute Gasteiger partial charge is 0.492 e. The number of benzene rings is 1. The van der Waals surface area contributed by atoms with Gasteiger partial charge in [-0.15, -0.1) is 0 Å². The minimum Gasteiger partial charge on any atom is -0.492 e. The quantitative estimate of drug-likeness (QED) is 0.745. The highest BCUT2D eigenvalue weighted by atomic mass is 16.5. The van der Waals surface area contributed by atoms with Crippen LogP contribution in [-0.2, 0) is 11.2 Å². The summed E-state index contributed by atoms with van der Waals surface area (Å²) in [6.07, 6.45) is 4.42. The molecule has 0 fully saturated rings. The summed E-state index contributed by atoms with van der Waals surface area (Å²) in [6, 6.07) is 11.4. The molecule has 24 heavy (non-hydrogen) atoms. The fourth-order valence-corrected chi connectivity index (χ4v) is 2.00. The fraction of sp³-hybridized carbons (Fsp3) is 0.125. The Morgan fingerprint density at radius 3 is 2.79 bits per heavy atom. The number of nitrogens with one attached hydrogen (secondary N) is 1. The maximum absolute atomic E-state index is 11.8. The highest BCUT2D eigenvalue weighted by molar-refractivity contribution is 5.85. The minimum atomic E-state index is -0.684. The molecule has 1 aromatic carbocycles. The zero-order valence-corrected chi connectivity index (χ0v) is 12.7. The van der Waals surface area contributed by atoms with Gasteiger partial charge in [0, 0.05) is 18.8 Å². The van der Waals surface area contributed by atoms with Crippen LogP contribution in [0.4, 0.5) is 10.5 Å². The Bertz CT molecular complexity index is 806. The van der Waals surface area contributed by atoms with Crippen molar-refractivity contribution in [1.29, 1.82) is 0 Å². The average Bonchev–Trinajstić information content (AvgIpc) is 3.12. The third-order valence-electron chi connectivity index (χ3n) is 3.17. The fourth-order valence-electron chi connectivity index (χ4n) is 2.00. The van der Waals surface area contributed by atoms with Gasteiger partial charge in [0.15, 0.2) is 0 Å². The van der Waals surface area contributed by atoms with Crippen molar-refractivity contribution < 1.29 is 14.6 Å². The van der Waals surface area contributed by atoms with Gasteiger partial charge in [-0.1, -0.05) is 30.3 Å². The van der Waals surface area contributed by atoms with Gasteiger partial charge in [0.25, 0.3) is 5.95 Å². The lowest BCUT2D eigenvalue weighted by Gasteiger charge is -2.08. The summed E-state index contributed by atoms with van der Waals surface area (Å²) in [7, 11) is 0. The van der Waals surface area contributed by atoms with Gasteiger partial charge in [0.2, 0.25) is 5.88 Å². The molecule has 2 N–H and O–H groups in total. The first-order chi connectivity index (χ1) is 11.7. The van der Waals surface area contributed by atoms with E-state index in [9.17, 15) is 9.90 Å². The molecule has 0 aliphatic carbocycles. The molecule has 122 valence electrons. The van der Waals surface area contributed by atoms with Crippen LogP contribution in [0.3, 0.4) is 0 Å². The van der Waals surface area contributed by atoms with E-state index in [1.54, 1.807) is 18.5 Å². The lowest BCUT2D eigenvalue weighted by atomic mass is 10.2. The van der Waals surface area contributed by atoms with Gasteiger partial charge in [-0.2, -0.15) is 10.1 Å². The normalized spacial score (nSPS) is 10.3. The van der Waals surface area contributed by atoms with E-state index in [0.29, 0.717) is 6.42 Å². The molecule has 2 aromatic heterocycles. The predicted octanol–water partition coefficient (Wildman–Crippen LogP) is 2.16. The Balaban J connectivity index is 1.54. The van der Waals surface area contributed by atoms with Gasteiger partial charge in [-0.3, -0.25) is 5.32 Å². The third-order valence-corrected chi connectivity index (χ3v) is 3.17. The second-order valence-electron chi connectivity index (χ2n) is 4.85. The molecule has 0 aliphatic heterocycles. The van der Waals surface area contributed by atoms with Crippen molar-refractivity contribution in [2.45, 2.75) is 6.42 Å². The molecule has 0 saturated heterocycles. The molecule has 0 atom stereocenters. The number of nitrogens with zero attached hydrogens (tertiary/aromatic N) is 4. The second kappa shape index (κ2) is 7.23. The summed E-state index contributed by atoms with van der Waals surface area (Å²) < 4.78 is 6.46. The molecular weight excluding hydrogens is 310 g/mol. The van der Waals surface area contributed by atoms with Crippen molar-refractivity contribution in [1.82, 2.24) is 19.7 Å². The Morgan fingerprint density at radius 2 is 2.08 bits per heavy atom. The number of aromatic nitrogens is 4. The first-order valence-corrected chi connectivity index (χ1v) is 7.26. The maximum Gasteiger partial charge on any atom is 0.411 e. The first kappa shape index (κ1) is 15.5. The van der Waals surface area contributed by atoms with Crippen LogP contribution < -0.4 is 5.32 Å². The molecule has 0 unspecified atom stereocenters. The number of anilines is 1. The van der Waals surface area contributed by atoms with E-state index in [1.165, 1.54) is 10.9 Å². The van der Waals surface area contributed by atoms with Gasteiger partial charge >= 0.3 is 6.09 Å². The molecule has 0 radical (unpaired) electrons. The standard InChI is InChI=1S/C16H15N5O3/c22-14-13(11-17-15(20-14)21-9-4-8-18-21)19-16(23)24-10-7-12-5-2-1-3-6-12/h1-6,8-9,11H,7,10H2,(H,19,23)(H,17,20,22). The van der Waals surface area contributed by atoms with E-state index in [2.05, 4.69) is 20.4 Å². The number of carbonyl (C=O) groups excluding carboxylic acids is 1. The van der Waals surface area contributed by atoms with Crippen LogP contribution >= 0.6 is 0 Å². The van der Waals surface area contributed by atoms with E-state index in [1.807, 2.05) is 30.3 Å². The van der Waals surface area contributed by atoms with E-state index in [4.69, 9.17) is 4.74 Å². The Labute approximate surface area is 137 Å². The monoisotopic (exact) mass is 325 g/mol. The van der Waals surface area contributed by atoms with Crippen LogP contribution in [0.25, 0.3) is 5.95 Å². The second-order valence-corrected chi connectivity index (χ2v) is 4.85. The molecular formula is C16H15N5O3. The van der Waals surface area contributed by atoms with Crippen LogP contribution in [0.1, 0.15) is 5.56 Å². The van der Waals surface area contributed by atoms with Gasteiger partial charge in [0.05, 0.1) is 12.8 Å². The summed E-state index contributed by atoms with van der Waals surface area (Å²) in [5.74, 6) is -0.170. The summed E-state index contributed by atoms with van der Waals surface area (Å²) >= 11 is 0. The summed E-state index contributed by atoms with van der Waals surface area (Å²) in [4.78, 5) is 19.6. The zero-order chi connectivity index (χ0) is 16.8. The van der Waals surface area contributed by atoms with E-state index in [-0.39, 0.29) is 24.1 Å². The van der Waals surface area contributed by atoms with Crippen molar-refractivity contribution in [3.05, 3.63) is 60.6 Å². The van der Waals surface area contributed by atoms with Crippen molar-refractivity contribution in [3.8, 4) is 11.8 Å². The highest BCUT2D eigenvalue weighted by Gasteiger charge is 2.11. The summed E-state index contributed by atoms with van der Waals surface area (Å²) in [5, 5.41) is 16.2. The van der Waals surface area contributed by atoms with Crippen LogP contribution in [0.15, 0.2) is 55.0 Å². The Hall–Kier alpha value is -3.42. The predicted molar refractivity (Wildman–Crippen MR) is 85.9 cm³/mol. The van der Waals surface area contributed by atoms with Gasteiger partial charge < -0.3 is 9.84 Å². The molecule has 8 nitrogen and oxygen atoms in total. The third kappa shape index (κ3) is 3.86. The SMILES string of the molecule is O=C(Nc1cnc(-n2cccn2)nc1O)OCCc1ccccc1. The number of hydrogen-bond acceptors (Lipinski definition) is 6. The van der Waals surface area contributed by atoms with Crippen LogP contribution in [0.5, 0.6) is 5.88 Å². The van der Waals surface area contributed by atoms with E-state index < -0.39 is 6.09 Å². The smallest absolute Gasteiger partial charge is 0.411 e. The number of amides is 1. The maximum atomic E-state index is 11.8. The molecule has 0 aliphatic rings. The molecule has 3 rings (SSSR count). The Morgan fingerprint density at radius 1 is 1.25 bits per heavy atom. The van der Waals surface area contributed by atoms with Crippen molar-refractivity contribution in [2.75, 3.05) is 11.9 Å². The van der Waals surface area contributed by atoms with Gasteiger partial charge in [0.1, 0.15) is 5.69 Å². The first-order valence-electron chi connectivity index (χ1n) is 7.26. The lowest BCUT2D eigenvalue weighted by Crippen LogP contribution is -2.16. The van der Waals surface area contributed by atoms with Crippen LogP contribution in [0.2, 0.25) is 0 Å². The highest BCUT2D eigenvalue weighted by Crippen LogP contribution is 2.19. The van der Waals surface area contributed by atoms with Crippen LogP contribution in [0, 0.1) is 0 Å². The molecule has 3 aromatic rings. The van der Waals surface area contributed by atoms with E-state index in [0.717, 1.165) is 5.56 Å². The molecule has 2 heterocycles.